The minimum absolute atomic E-state index is 0.00721. The van der Waals surface area contributed by atoms with Gasteiger partial charge in [0.15, 0.2) is 0 Å². The fraction of sp³-hybridized carbons (Fsp3) is 0.400. The zero-order chi connectivity index (χ0) is 15.0. The third-order valence-electron chi connectivity index (χ3n) is 3.90. The summed E-state index contributed by atoms with van der Waals surface area (Å²) in [6.45, 7) is 1.35. The maximum Gasteiger partial charge on any atom is 0.266 e. The topological polar surface area (TPSA) is 64.8 Å². The lowest BCUT2D eigenvalue weighted by molar-refractivity contribution is 0.0729. The second-order valence-electron chi connectivity index (χ2n) is 5.10. The molecule has 6 heteroatoms. The lowest BCUT2D eigenvalue weighted by Gasteiger charge is -2.15. The predicted molar refractivity (Wildman–Crippen MR) is 84.1 cm³/mol. The first kappa shape index (κ1) is 14.2. The Morgan fingerprint density at radius 1 is 1.43 bits per heavy atom. The highest BCUT2D eigenvalue weighted by molar-refractivity contribution is 7.21. The number of anilines is 1. The van der Waals surface area contributed by atoms with Crippen molar-refractivity contribution in [2.75, 3.05) is 33.0 Å². The molecule has 2 N–H and O–H groups in total. The van der Waals surface area contributed by atoms with E-state index in [1.165, 1.54) is 11.3 Å². The summed E-state index contributed by atoms with van der Waals surface area (Å²) in [5.41, 5.74) is 6.72. The van der Waals surface area contributed by atoms with E-state index in [9.17, 15) is 4.79 Å². The predicted octanol–water partition coefficient (Wildman–Crippen LogP) is 2.35. The summed E-state index contributed by atoms with van der Waals surface area (Å²) >= 11 is 1.42. The molecule has 1 saturated heterocycles. The molecule has 0 radical (unpaired) electrons. The molecule has 0 saturated carbocycles. The Hall–Kier alpha value is -1.79. The maximum atomic E-state index is 12.6. The number of carbonyl (C=O) groups is 1. The highest BCUT2D eigenvalue weighted by atomic mass is 32.1. The quantitative estimate of drug-likeness (QED) is 0.945. The number of methoxy groups -OCH3 is 2. The van der Waals surface area contributed by atoms with Crippen LogP contribution in [0.4, 0.5) is 5.69 Å². The molecule has 3 rings (SSSR count). The number of ether oxygens (including phenoxy) is 2. The average molecular weight is 306 g/mol. The molecule has 0 spiro atoms. The van der Waals surface area contributed by atoms with Gasteiger partial charge in [0, 0.05) is 30.3 Å². The molecule has 0 bridgehead atoms. The molecule has 1 unspecified atom stereocenters. The van der Waals surface area contributed by atoms with E-state index in [4.69, 9.17) is 15.2 Å². The molecule has 2 heterocycles. The van der Waals surface area contributed by atoms with Gasteiger partial charge in [-0.2, -0.15) is 0 Å². The molecule has 1 amide bonds. The summed E-state index contributed by atoms with van der Waals surface area (Å²) in [7, 11) is 3.30. The van der Waals surface area contributed by atoms with Crippen molar-refractivity contribution in [3.8, 4) is 5.75 Å². The summed E-state index contributed by atoms with van der Waals surface area (Å²) in [4.78, 5) is 15.0. The minimum atomic E-state index is -0.00721. The fourth-order valence-corrected chi connectivity index (χ4v) is 3.75. The fourth-order valence-electron chi connectivity index (χ4n) is 2.63. The maximum absolute atomic E-state index is 12.6. The first-order chi connectivity index (χ1) is 10.1. The number of carbonyl (C=O) groups excluding carboxylic acids is 1. The van der Waals surface area contributed by atoms with Crippen molar-refractivity contribution in [1.82, 2.24) is 4.90 Å². The van der Waals surface area contributed by atoms with E-state index >= 15 is 0 Å². The Kier molecular flexibility index (Phi) is 3.73. The number of likely N-dealkylation sites (tertiary alicyclic amines) is 1. The number of hydrogen-bond donors (Lipinski definition) is 1. The van der Waals surface area contributed by atoms with Crippen LogP contribution in [0.1, 0.15) is 16.1 Å². The smallest absolute Gasteiger partial charge is 0.266 e. The van der Waals surface area contributed by atoms with Crippen LogP contribution in [-0.4, -0.2) is 44.2 Å². The van der Waals surface area contributed by atoms with Gasteiger partial charge < -0.3 is 20.1 Å². The zero-order valence-electron chi connectivity index (χ0n) is 12.1. The third kappa shape index (κ3) is 2.45. The Labute approximate surface area is 127 Å². The van der Waals surface area contributed by atoms with Crippen molar-refractivity contribution in [1.29, 1.82) is 0 Å². The Bertz CT molecular complexity index is 683. The van der Waals surface area contributed by atoms with Crippen LogP contribution in [0.5, 0.6) is 5.75 Å². The number of thiophene rings is 1. The van der Waals surface area contributed by atoms with E-state index in [0.717, 1.165) is 22.3 Å². The second kappa shape index (κ2) is 5.54. The van der Waals surface area contributed by atoms with Gasteiger partial charge in [0.25, 0.3) is 5.91 Å². The van der Waals surface area contributed by atoms with Crippen LogP contribution in [0.2, 0.25) is 0 Å². The zero-order valence-corrected chi connectivity index (χ0v) is 12.9. The van der Waals surface area contributed by atoms with Crippen LogP contribution in [0.15, 0.2) is 18.2 Å². The number of rotatable bonds is 3. The van der Waals surface area contributed by atoms with Gasteiger partial charge in [-0.3, -0.25) is 4.79 Å². The molecule has 1 atom stereocenters. The van der Waals surface area contributed by atoms with E-state index in [1.54, 1.807) is 14.2 Å². The van der Waals surface area contributed by atoms with Crippen LogP contribution in [0, 0.1) is 0 Å². The molecule has 112 valence electrons. The van der Waals surface area contributed by atoms with Gasteiger partial charge >= 0.3 is 0 Å². The van der Waals surface area contributed by atoms with Crippen molar-refractivity contribution in [2.24, 2.45) is 0 Å². The Morgan fingerprint density at radius 3 is 2.90 bits per heavy atom. The van der Waals surface area contributed by atoms with E-state index < -0.39 is 0 Å². The molecule has 1 aliphatic heterocycles. The minimum Gasteiger partial charge on any atom is -0.497 e. The largest absolute Gasteiger partial charge is 0.497 e. The molecule has 21 heavy (non-hydrogen) atoms. The van der Waals surface area contributed by atoms with Crippen LogP contribution in [0.3, 0.4) is 0 Å². The molecule has 5 nitrogen and oxygen atoms in total. The first-order valence-electron chi connectivity index (χ1n) is 6.82. The van der Waals surface area contributed by atoms with Crippen molar-refractivity contribution in [3.05, 3.63) is 23.1 Å². The summed E-state index contributed by atoms with van der Waals surface area (Å²) in [6.07, 6.45) is 1.01. The van der Waals surface area contributed by atoms with E-state index in [-0.39, 0.29) is 12.0 Å². The van der Waals surface area contributed by atoms with E-state index in [1.807, 2.05) is 23.1 Å². The number of amides is 1. The lowest BCUT2D eigenvalue weighted by atomic mass is 10.2. The SMILES string of the molecule is COc1ccc2c(N)c(C(=O)N3CCC(OC)C3)sc2c1. The number of hydrogen-bond acceptors (Lipinski definition) is 5. The number of benzene rings is 1. The molecule has 2 aromatic rings. The van der Waals surface area contributed by atoms with E-state index in [0.29, 0.717) is 23.7 Å². The van der Waals surface area contributed by atoms with Gasteiger partial charge in [-0.1, -0.05) is 0 Å². The van der Waals surface area contributed by atoms with Gasteiger partial charge in [-0.15, -0.1) is 11.3 Å². The van der Waals surface area contributed by atoms with Gasteiger partial charge in [0.2, 0.25) is 0 Å². The molecular weight excluding hydrogens is 288 g/mol. The normalized spacial score (nSPS) is 18.4. The van der Waals surface area contributed by atoms with Crippen molar-refractivity contribution < 1.29 is 14.3 Å². The summed E-state index contributed by atoms with van der Waals surface area (Å²) < 4.78 is 11.5. The molecular formula is C15H18N2O3S. The second-order valence-corrected chi connectivity index (χ2v) is 6.16. The van der Waals surface area contributed by atoms with Gasteiger partial charge in [0.1, 0.15) is 10.6 Å². The first-order valence-corrected chi connectivity index (χ1v) is 7.63. The van der Waals surface area contributed by atoms with Crippen molar-refractivity contribution in [2.45, 2.75) is 12.5 Å². The van der Waals surface area contributed by atoms with E-state index in [2.05, 4.69) is 0 Å². The van der Waals surface area contributed by atoms with Crippen LogP contribution in [-0.2, 0) is 4.74 Å². The Morgan fingerprint density at radius 2 is 2.24 bits per heavy atom. The number of nitrogen functional groups attached to an aromatic ring is 1. The van der Waals surface area contributed by atoms with Gasteiger partial charge in [-0.05, 0) is 24.6 Å². The Balaban J connectivity index is 1.93. The van der Waals surface area contributed by atoms with Crippen LogP contribution < -0.4 is 10.5 Å². The summed E-state index contributed by atoms with van der Waals surface area (Å²) in [5.74, 6) is 0.760. The van der Waals surface area contributed by atoms with Crippen molar-refractivity contribution >= 4 is 33.0 Å². The highest BCUT2D eigenvalue weighted by Gasteiger charge is 2.29. The van der Waals surface area contributed by atoms with Crippen LogP contribution in [0.25, 0.3) is 10.1 Å². The number of fused-ring (bicyclic) bond motifs is 1. The highest BCUT2D eigenvalue weighted by Crippen LogP contribution is 2.36. The monoisotopic (exact) mass is 306 g/mol. The number of nitrogens with two attached hydrogens (primary N) is 1. The molecule has 1 fully saturated rings. The summed E-state index contributed by atoms with van der Waals surface area (Å²) in [6, 6.07) is 5.67. The third-order valence-corrected chi connectivity index (χ3v) is 5.05. The van der Waals surface area contributed by atoms with Gasteiger partial charge in [0.05, 0.1) is 18.9 Å². The number of nitrogens with zero attached hydrogens (tertiary/aromatic N) is 1. The van der Waals surface area contributed by atoms with Crippen molar-refractivity contribution in [3.63, 3.8) is 0 Å². The van der Waals surface area contributed by atoms with Gasteiger partial charge in [-0.25, -0.2) is 0 Å². The standard InChI is InChI=1S/C15H18N2O3S/c1-19-9-3-4-11-12(7-9)21-14(13(11)16)15(18)17-6-5-10(8-17)20-2/h3-4,7,10H,5-6,8,16H2,1-2H3. The average Bonchev–Trinajstić information content (AvgIpc) is 3.11. The molecule has 1 aliphatic rings. The lowest BCUT2D eigenvalue weighted by Crippen LogP contribution is -2.29. The molecule has 1 aromatic carbocycles. The molecule has 0 aliphatic carbocycles. The summed E-state index contributed by atoms with van der Waals surface area (Å²) in [5, 5.41) is 0.909. The molecule has 1 aromatic heterocycles. The van der Waals surface area contributed by atoms with Crippen LogP contribution >= 0.6 is 11.3 Å².